The van der Waals surface area contributed by atoms with Crippen molar-refractivity contribution in [2.24, 2.45) is 4.99 Å². The molecule has 5 aromatic rings. The Morgan fingerprint density at radius 2 is 1.70 bits per heavy atom. The normalized spacial score (nSPS) is 11.5. The maximum absolute atomic E-state index is 13.2. The summed E-state index contributed by atoms with van der Waals surface area (Å²) < 4.78 is 1.44. The number of H-pyrrole nitrogens is 1. The van der Waals surface area contributed by atoms with Crippen LogP contribution in [0.4, 0.5) is 5.69 Å². The summed E-state index contributed by atoms with van der Waals surface area (Å²) in [4.78, 5) is 21.6. The monoisotopic (exact) mass is 432 g/mol. The predicted molar refractivity (Wildman–Crippen MR) is 134 cm³/mol. The lowest BCUT2D eigenvalue weighted by molar-refractivity contribution is 0.0943. The summed E-state index contributed by atoms with van der Waals surface area (Å²) in [7, 11) is 0. The van der Waals surface area contributed by atoms with Crippen molar-refractivity contribution < 1.29 is 4.79 Å². The molecule has 0 bridgehead atoms. The molecular formula is C28H24N4O. The zero-order valence-electron chi connectivity index (χ0n) is 18.8. The second kappa shape index (κ2) is 8.36. The van der Waals surface area contributed by atoms with Crippen molar-refractivity contribution in [1.29, 1.82) is 0 Å². The molecule has 33 heavy (non-hydrogen) atoms. The molecule has 2 aromatic heterocycles. The van der Waals surface area contributed by atoms with E-state index in [9.17, 15) is 4.79 Å². The Balaban J connectivity index is 1.62. The van der Waals surface area contributed by atoms with Gasteiger partial charge in [0, 0.05) is 28.4 Å². The van der Waals surface area contributed by atoms with E-state index in [-0.39, 0.29) is 5.91 Å². The Morgan fingerprint density at radius 1 is 0.939 bits per heavy atom. The van der Waals surface area contributed by atoms with Crippen molar-refractivity contribution in [3.05, 3.63) is 107 Å². The van der Waals surface area contributed by atoms with Crippen LogP contribution in [0.3, 0.4) is 0 Å². The number of rotatable bonds is 4. The van der Waals surface area contributed by atoms with E-state index in [0.717, 1.165) is 39.1 Å². The van der Waals surface area contributed by atoms with Crippen LogP contribution in [0, 0.1) is 20.8 Å². The minimum absolute atomic E-state index is 0.189. The first-order chi connectivity index (χ1) is 16.0. The SMILES string of the molecule is Cc1ccc2[nH]c(-c3ccccc3)c(C=Nc3ccccc3C(=O)n3nc(C)cc3C)c2c1. The van der Waals surface area contributed by atoms with Gasteiger partial charge < -0.3 is 4.98 Å². The van der Waals surface area contributed by atoms with Gasteiger partial charge in [0.2, 0.25) is 0 Å². The van der Waals surface area contributed by atoms with Gasteiger partial charge in [-0.2, -0.15) is 5.10 Å². The largest absolute Gasteiger partial charge is 0.354 e. The number of aliphatic imine (C=N–C) groups is 1. The molecule has 0 atom stereocenters. The highest BCUT2D eigenvalue weighted by atomic mass is 16.2. The number of carbonyl (C=O) groups is 1. The molecule has 0 amide bonds. The van der Waals surface area contributed by atoms with Crippen LogP contribution >= 0.6 is 0 Å². The molecule has 2 heterocycles. The number of hydrogen-bond donors (Lipinski definition) is 1. The molecule has 1 N–H and O–H groups in total. The summed E-state index contributed by atoms with van der Waals surface area (Å²) in [6.07, 6.45) is 1.86. The molecule has 162 valence electrons. The van der Waals surface area contributed by atoms with Crippen LogP contribution in [0.15, 0.2) is 83.9 Å². The lowest BCUT2D eigenvalue weighted by atomic mass is 10.0. The fraction of sp³-hybridized carbons (Fsp3) is 0.107. The van der Waals surface area contributed by atoms with E-state index in [0.29, 0.717) is 11.3 Å². The van der Waals surface area contributed by atoms with Gasteiger partial charge in [-0.3, -0.25) is 9.79 Å². The minimum atomic E-state index is -0.189. The van der Waals surface area contributed by atoms with Crippen LogP contribution in [0.5, 0.6) is 0 Å². The topological polar surface area (TPSA) is 63.0 Å². The number of aryl methyl sites for hydroxylation is 3. The van der Waals surface area contributed by atoms with Crippen molar-refractivity contribution in [3.63, 3.8) is 0 Å². The maximum Gasteiger partial charge on any atom is 0.280 e. The zero-order chi connectivity index (χ0) is 22.9. The predicted octanol–water partition coefficient (Wildman–Crippen LogP) is 6.40. The number of aromatic nitrogens is 3. The Kier molecular flexibility index (Phi) is 5.23. The summed E-state index contributed by atoms with van der Waals surface area (Å²) in [6.45, 7) is 5.84. The van der Waals surface area contributed by atoms with Gasteiger partial charge in [-0.1, -0.05) is 54.1 Å². The highest BCUT2D eigenvalue weighted by Crippen LogP contribution is 2.31. The third-order valence-electron chi connectivity index (χ3n) is 5.73. The molecule has 5 rings (SSSR count). The second-order valence-corrected chi connectivity index (χ2v) is 8.25. The molecule has 0 aliphatic rings. The smallest absolute Gasteiger partial charge is 0.280 e. The number of hydrogen-bond acceptors (Lipinski definition) is 3. The van der Waals surface area contributed by atoms with Gasteiger partial charge in [0.15, 0.2) is 0 Å². The van der Waals surface area contributed by atoms with Gasteiger partial charge in [0.05, 0.1) is 22.6 Å². The average Bonchev–Trinajstić information content (AvgIpc) is 3.36. The molecule has 0 aliphatic heterocycles. The second-order valence-electron chi connectivity index (χ2n) is 8.25. The molecule has 0 aliphatic carbocycles. The molecule has 5 heteroatoms. The van der Waals surface area contributed by atoms with Crippen LogP contribution in [-0.2, 0) is 0 Å². The zero-order valence-corrected chi connectivity index (χ0v) is 18.8. The Bertz CT molecular complexity index is 1510. The molecule has 0 radical (unpaired) electrons. The molecule has 5 nitrogen and oxygen atoms in total. The standard InChI is InChI=1S/C28H24N4O/c1-18-13-14-26-23(15-18)24(27(30-26)21-9-5-4-6-10-21)17-29-25-12-8-7-11-22(25)28(33)32-20(3)16-19(2)31-32/h4-17,30H,1-3H3. The maximum atomic E-state index is 13.2. The summed E-state index contributed by atoms with van der Waals surface area (Å²) in [5.74, 6) is -0.189. The van der Waals surface area contributed by atoms with Gasteiger partial charge in [-0.05, 0) is 56.7 Å². The Hall–Kier alpha value is -4.25. The molecule has 0 saturated heterocycles. The third kappa shape index (κ3) is 3.89. The van der Waals surface area contributed by atoms with Crippen LogP contribution < -0.4 is 0 Å². The van der Waals surface area contributed by atoms with E-state index in [1.807, 2.05) is 62.5 Å². The van der Waals surface area contributed by atoms with Crippen molar-refractivity contribution in [2.75, 3.05) is 0 Å². The highest BCUT2D eigenvalue weighted by molar-refractivity contribution is 6.07. The fourth-order valence-electron chi connectivity index (χ4n) is 4.14. The van der Waals surface area contributed by atoms with Crippen LogP contribution in [0.2, 0.25) is 0 Å². The summed E-state index contributed by atoms with van der Waals surface area (Å²) >= 11 is 0. The number of nitrogens with zero attached hydrogens (tertiary/aromatic N) is 3. The molecule has 0 unspecified atom stereocenters. The first-order valence-corrected chi connectivity index (χ1v) is 10.9. The highest BCUT2D eigenvalue weighted by Gasteiger charge is 2.17. The van der Waals surface area contributed by atoms with Crippen molar-refractivity contribution >= 4 is 28.7 Å². The van der Waals surface area contributed by atoms with Gasteiger partial charge in [0.1, 0.15) is 0 Å². The van der Waals surface area contributed by atoms with E-state index in [1.165, 1.54) is 10.2 Å². The van der Waals surface area contributed by atoms with Gasteiger partial charge in [-0.15, -0.1) is 0 Å². The number of para-hydroxylation sites is 1. The molecular weight excluding hydrogens is 408 g/mol. The summed E-state index contributed by atoms with van der Waals surface area (Å²) in [5.41, 5.74) is 8.03. The van der Waals surface area contributed by atoms with Gasteiger partial charge in [-0.25, -0.2) is 4.68 Å². The van der Waals surface area contributed by atoms with E-state index in [2.05, 4.69) is 47.3 Å². The molecule has 3 aromatic carbocycles. The Morgan fingerprint density at radius 3 is 2.45 bits per heavy atom. The quantitative estimate of drug-likeness (QED) is 0.334. The first-order valence-electron chi connectivity index (χ1n) is 10.9. The number of nitrogens with one attached hydrogen (secondary N) is 1. The number of fused-ring (bicyclic) bond motifs is 1. The van der Waals surface area contributed by atoms with Gasteiger partial charge >= 0.3 is 0 Å². The number of benzene rings is 3. The van der Waals surface area contributed by atoms with E-state index >= 15 is 0 Å². The van der Waals surface area contributed by atoms with E-state index in [1.54, 1.807) is 6.07 Å². The summed E-state index contributed by atoms with van der Waals surface area (Å²) in [5, 5.41) is 5.45. The molecule has 0 fully saturated rings. The summed E-state index contributed by atoms with van der Waals surface area (Å²) in [6, 6.07) is 25.8. The lowest BCUT2D eigenvalue weighted by Crippen LogP contribution is -2.15. The number of carbonyl (C=O) groups excluding carboxylic acids is 1. The van der Waals surface area contributed by atoms with Crippen LogP contribution in [0.1, 0.15) is 32.9 Å². The minimum Gasteiger partial charge on any atom is -0.354 e. The van der Waals surface area contributed by atoms with Crippen LogP contribution in [0.25, 0.3) is 22.2 Å². The third-order valence-corrected chi connectivity index (χ3v) is 5.73. The Labute approximate surface area is 192 Å². The number of aromatic amines is 1. The van der Waals surface area contributed by atoms with E-state index < -0.39 is 0 Å². The molecule has 0 saturated carbocycles. The first kappa shape index (κ1) is 20.6. The van der Waals surface area contributed by atoms with Crippen molar-refractivity contribution in [1.82, 2.24) is 14.8 Å². The van der Waals surface area contributed by atoms with Crippen LogP contribution in [-0.4, -0.2) is 26.9 Å². The van der Waals surface area contributed by atoms with E-state index in [4.69, 9.17) is 4.99 Å². The molecule has 0 spiro atoms. The fourth-order valence-corrected chi connectivity index (χ4v) is 4.14. The van der Waals surface area contributed by atoms with Gasteiger partial charge in [0.25, 0.3) is 5.91 Å². The van der Waals surface area contributed by atoms with Crippen molar-refractivity contribution in [3.8, 4) is 11.3 Å². The lowest BCUT2D eigenvalue weighted by Gasteiger charge is -2.06. The average molecular weight is 433 g/mol. The van der Waals surface area contributed by atoms with Crippen molar-refractivity contribution in [2.45, 2.75) is 20.8 Å².